The van der Waals surface area contributed by atoms with Crippen molar-refractivity contribution in [2.24, 2.45) is 52.3 Å². The van der Waals surface area contributed by atoms with Crippen molar-refractivity contribution in [3.05, 3.63) is 0 Å². The molecule has 1 spiro atoms. The summed E-state index contributed by atoms with van der Waals surface area (Å²) >= 11 is 0. The van der Waals surface area contributed by atoms with Gasteiger partial charge in [-0.3, -0.25) is 0 Å². The molecule has 2 heterocycles. The largest absolute Gasteiger partial charge is 0.444 e. The molecule has 4 saturated carbocycles. The molecule has 2 saturated heterocycles. The van der Waals surface area contributed by atoms with Crippen LogP contribution in [0.4, 0.5) is 9.59 Å². The van der Waals surface area contributed by atoms with Crippen LogP contribution in [0.15, 0.2) is 0 Å². The van der Waals surface area contributed by atoms with Crippen molar-refractivity contribution in [1.82, 2.24) is 10.6 Å². The average molecular weight is 631 g/mol. The number of carbonyl (C=O) groups is 2. The van der Waals surface area contributed by atoms with Crippen molar-refractivity contribution in [1.29, 1.82) is 0 Å². The van der Waals surface area contributed by atoms with Gasteiger partial charge >= 0.3 is 12.2 Å². The van der Waals surface area contributed by atoms with Crippen molar-refractivity contribution in [2.45, 2.75) is 162 Å². The number of alkyl carbamates (subject to hydrolysis) is 2. The third kappa shape index (κ3) is 6.02. The molecule has 2 N–H and O–H groups in total. The van der Waals surface area contributed by atoms with Crippen molar-refractivity contribution in [3.8, 4) is 0 Å². The Bertz CT molecular complexity index is 1140. The molecule has 0 radical (unpaired) electrons. The lowest BCUT2D eigenvalue weighted by molar-refractivity contribution is -0.273. The maximum atomic E-state index is 13.4. The van der Waals surface area contributed by atoms with E-state index in [1.54, 1.807) is 0 Å². The van der Waals surface area contributed by atoms with Crippen LogP contribution in [0.25, 0.3) is 0 Å². The number of hydrogen-bond acceptors (Lipinski definition) is 6. The normalized spacial score (nSPS) is 47.6. The van der Waals surface area contributed by atoms with Gasteiger partial charge in [0.1, 0.15) is 11.2 Å². The number of hydrogen-bond donors (Lipinski definition) is 2. The molecule has 6 rings (SSSR count). The van der Waals surface area contributed by atoms with Gasteiger partial charge in [0.15, 0.2) is 5.79 Å². The molecule has 6 aliphatic rings. The molecular weight excluding hydrogens is 568 g/mol. The maximum absolute atomic E-state index is 13.4. The van der Waals surface area contributed by atoms with Crippen LogP contribution in [-0.4, -0.2) is 54.0 Å². The van der Waals surface area contributed by atoms with E-state index < -0.39 is 17.0 Å². The number of ether oxygens (including phenoxy) is 4. The molecular formula is C37H62N2O6. The van der Waals surface area contributed by atoms with Crippen molar-refractivity contribution < 1.29 is 28.5 Å². The van der Waals surface area contributed by atoms with E-state index in [9.17, 15) is 9.59 Å². The van der Waals surface area contributed by atoms with Crippen LogP contribution in [0.5, 0.6) is 0 Å². The zero-order valence-corrected chi connectivity index (χ0v) is 29.8. The average Bonchev–Trinajstić information content (AvgIpc) is 3.34. The fourth-order valence-corrected chi connectivity index (χ4v) is 11.5. The van der Waals surface area contributed by atoms with Crippen LogP contribution < -0.4 is 10.6 Å². The molecule has 0 bridgehead atoms. The lowest BCUT2D eigenvalue weighted by Gasteiger charge is -2.63. The summed E-state index contributed by atoms with van der Waals surface area (Å²) in [4.78, 5) is 26.1. The van der Waals surface area contributed by atoms with Crippen molar-refractivity contribution in [2.75, 3.05) is 6.61 Å². The topological polar surface area (TPSA) is 95.1 Å². The van der Waals surface area contributed by atoms with E-state index in [1.807, 2.05) is 41.5 Å². The zero-order valence-electron chi connectivity index (χ0n) is 29.8. The number of carbonyl (C=O) groups excluding carboxylic acids is 2. The molecule has 8 heteroatoms. The smallest absolute Gasteiger partial charge is 0.407 e. The van der Waals surface area contributed by atoms with E-state index in [2.05, 4.69) is 38.3 Å². The molecule has 13 atom stereocenters. The highest BCUT2D eigenvalue weighted by Gasteiger charge is 2.70. The Morgan fingerprint density at radius 1 is 0.778 bits per heavy atom. The molecule has 0 aromatic heterocycles. The van der Waals surface area contributed by atoms with E-state index >= 15 is 0 Å². The Balaban J connectivity index is 1.26. The molecule has 8 nitrogen and oxygen atoms in total. The summed E-state index contributed by atoms with van der Waals surface area (Å²) < 4.78 is 25.0. The lowest BCUT2D eigenvalue weighted by atomic mass is 9.43. The summed E-state index contributed by atoms with van der Waals surface area (Å²) in [5.41, 5.74) is -0.767. The molecule has 256 valence electrons. The first-order chi connectivity index (χ1) is 20.8. The first kappa shape index (κ1) is 33.4. The van der Waals surface area contributed by atoms with Gasteiger partial charge in [0.25, 0.3) is 0 Å². The fourth-order valence-electron chi connectivity index (χ4n) is 11.5. The molecule has 2 amide bonds. The summed E-state index contributed by atoms with van der Waals surface area (Å²) in [7, 11) is 0. The van der Waals surface area contributed by atoms with Gasteiger partial charge in [-0.25, -0.2) is 9.59 Å². The maximum Gasteiger partial charge on any atom is 0.407 e. The first-order valence-electron chi connectivity index (χ1n) is 18.1. The van der Waals surface area contributed by atoms with Crippen LogP contribution in [-0.2, 0) is 18.9 Å². The highest BCUT2D eigenvalue weighted by atomic mass is 16.7. The van der Waals surface area contributed by atoms with Crippen LogP contribution in [0.3, 0.4) is 0 Å². The molecule has 45 heavy (non-hydrogen) atoms. The fraction of sp³-hybridized carbons (Fsp3) is 0.946. The van der Waals surface area contributed by atoms with Gasteiger partial charge < -0.3 is 29.6 Å². The van der Waals surface area contributed by atoms with Crippen LogP contribution in [0.2, 0.25) is 0 Å². The SMILES string of the molecule is C[C@@H]1CC[C@@]2(OC1)O[C@H]1C[C@H]3[C@@H]4[C@H](NC(=O)OC(C)(C)C)C[C@H]5C[C@H](NC(=O)OC(C)(C)C)CC[C@]5(C)[C@H]4CC[C@]3(C)[C@H]1[C@@H]2C. The minimum Gasteiger partial charge on any atom is -0.444 e. The minimum atomic E-state index is -0.555. The van der Waals surface area contributed by atoms with Crippen molar-refractivity contribution >= 4 is 12.2 Å². The molecule has 2 aliphatic heterocycles. The Morgan fingerprint density at radius 2 is 1.42 bits per heavy atom. The number of fused-ring (bicyclic) bond motifs is 7. The lowest BCUT2D eigenvalue weighted by Crippen LogP contribution is -2.63. The second-order valence-electron chi connectivity index (χ2n) is 18.6. The number of rotatable bonds is 2. The van der Waals surface area contributed by atoms with Crippen LogP contribution >= 0.6 is 0 Å². The van der Waals surface area contributed by atoms with Gasteiger partial charge in [-0.15, -0.1) is 0 Å². The van der Waals surface area contributed by atoms with Crippen molar-refractivity contribution in [3.63, 3.8) is 0 Å². The van der Waals surface area contributed by atoms with E-state index in [0.29, 0.717) is 41.4 Å². The third-order valence-corrected chi connectivity index (χ3v) is 13.4. The molecule has 0 unspecified atom stereocenters. The third-order valence-electron chi connectivity index (χ3n) is 13.4. The van der Waals surface area contributed by atoms with E-state index in [0.717, 1.165) is 45.1 Å². The second kappa shape index (κ2) is 11.3. The van der Waals surface area contributed by atoms with Gasteiger partial charge in [0, 0.05) is 24.4 Å². The Hall–Kier alpha value is -1.54. The van der Waals surface area contributed by atoms with Gasteiger partial charge in [-0.1, -0.05) is 27.7 Å². The molecule has 0 aromatic rings. The van der Waals surface area contributed by atoms with E-state index in [4.69, 9.17) is 18.9 Å². The Kier molecular flexibility index (Phi) is 8.36. The van der Waals surface area contributed by atoms with E-state index in [1.165, 1.54) is 19.3 Å². The summed E-state index contributed by atoms with van der Waals surface area (Å²) in [6.45, 7) is 22.0. The summed E-state index contributed by atoms with van der Waals surface area (Å²) in [6.07, 6.45) is 9.01. The van der Waals surface area contributed by atoms with E-state index in [-0.39, 0.29) is 41.2 Å². The summed E-state index contributed by atoms with van der Waals surface area (Å²) in [5.74, 6) is 2.75. The Labute approximate surface area is 272 Å². The highest BCUT2D eigenvalue weighted by Crippen LogP contribution is 2.71. The van der Waals surface area contributed by atoms with Gasteiger partial charge in [-0.2, -0.15) is 0 Å². The van der Waals surface area contributed by atoms with Gasteiger partial charge in [-0.05, 0) is 139 Å². The van der Waals surface area contributed by atoms with Crippen LogP contribution in [0.1, 0.15) is 127 Å². The summed E-state index contributed by atoms with van der Waals surface area (Å²) in [5, 5.41) is 6.63. The molecule has 6 fully saturated rings. The van der Waals surface area contributed by atoms with Crippen LogP contribution in [0, 0.1) is 52.3 Å². The molecule has 4 aliphatic carbocycles. The molecule has 0 aromatic carbocycles. The zero-order chi connectivity index (χ0) is 32.7. The Morgan fingerprint density at radius 3 is 2.04 bits per heavy atom. The standard InChI is InChI=1S/C37H62N2O6/c1-21-11-16-37(42-20-21)22(2)30-28(43-37)19-26-29-25(13-15-36(26,30)10)35(9)14-12-24(38-31(40)44-33(3,4)5)17-23(35)18-27(29)39-32(41)45-34(6,7)8/h21-30H,11-20H2,1-10H3,(H,38,40)(H,39,41)/t21-,22+,23-,24-,25+,26+,27-,28+,29-,30+,35+,36+,37-/m1/s1. The monoisotopic (exact) mass is 630 g/mol. The van der Waals surface area contributed by atoms with Gasteiger partial charge in [0.2, 0.25) is 0 Å². The second-order valence-corrected chi connectivity index (χ2v) is 18.6. The summed E-state index contributed by atoms with van der Waals surface area (Å²) in [6, 6.07) is 0.114. The predicted octanol–water partition coefficient (Wildman–Crippen LogP) is 7.83. The number of amides is 2. The number of nitrogens with one attached hydrogen (secondary N) is 2. The predicted molar refractivity (Wildman–Crippen MR) is 173 cm³/mol. The first-order valence-corrected chi connectivity index (χ1v) is 18.1. The quantitative estimate of drug-likeness (QED) is 0.323. The highest BCUT2D eigenvalue weighted by molar-refractivity contribution is 5.68. The minimum absolute atomic E-state index is 0.0303. The van der Waals surface area contributed by atoms with Gasteiger partial charge in [0.05, 0.1) is 12.7 Å².